The number of anilines is 2. The van der Waals surface area contributed by atoms with Crippen LogP contribution in [0.4, 0.5) is 11.4 Å². The van der Waals surface area contributed by atoms with E-state index >= 15 is 0 Å². The van der Waals surface area contributed by atoms with E-state index in [1.165, 1.54) is 7.11 Å². The summed E-state index contributed by atoms with van der Waals surface area (Å²) in [7, 11) is 3.05. The summed E-state index contributed by atoms with van der Waals surface area (Å²) in [5.74, 6) is 0.249. The van der Waals surface area contributed by atoms with Gasteiger partial charge in [0.15, 0.2) is 0 Å². The molecule has 6 heteroatoms. The number of rotatable bonds is 7. The minimum Gasteiger partial charge on any atom is -0.497 e. The van der Waals surface area contributed by atoms with Crippen molar-refractivity contribution in [3.63, 3.8) is 0 Å². The van der Waals surface area contributed by atoms with Crippen LogP contribution in [0.25, 0.3) is 0 Å². The largest absolute Gasteiger partial charge is 0.497 e. The molecular formula is C21H26N2O4. The quantitative estimate of drug-likeness (QED) is 0.726. The number of para-hydroxylation sites is 1. The molecule has 0 aliphatic carbocycles. The Morgan fingerprint density at radius 1 is 0.926 bits per heavy atom. The zero-order valence-electron chi connectivity index (χ0n) is 16.4. The average molecular weight is 370 g/mol. The van der Waals surface area contributed by atoms with Crippen LogP contribution in [0.5, 0.6) is 11.5 Å². The Kier molecular flexibility index (Phi) is 6.45. The van der Waals surface area contributed by atoms with Crippen LogP contribution in [0.1, 0.15) is 26.3 Å². The van der Waals surface area contributed by atoms with Gasteiger partial charge < -0.3 is 20.1 Å². The first kappa shape index (κ1) is 20.3. The van der Waals surface area contributed by atoms with Crippen molar-refractivity contribution < 1.29 is 19.1 Å². The van der Waals surface area contributed by atoms with Gasteiger partial charge in [-0.25, -0.2) is 0 Å². The van der Waals surface area contributed by atoms with Crippen molar-refractivity contribution >= 4 is 23.2 Å². The van der Waals surface area contributed by atoms with Crippen LogP contribution in [0, 0.1) is 5.41 Å². The van der Waals surface area contributed by atoms with Crippen molar-refractivity contribution in [2.75, 3.05) is 24.9 Å². The third-order valence-corrected chi connectivity index (χ3v) is 4.44. The smallest absolute Gasteiger partial charge is 0.239 e. The lowest BCUT2D eigenvalue weighted by Crippen LogP contribution is -2.41. The second kappa shape index (κ2) is 8.58. The molecule has 27 heavy (non-hydrogen) atoms. The average Bonchev–Trinajstić information content (AvgIpc) is 2.68. The second-order valence-corrected chi connectivity index (χ2v) is 6.61. The number of nitrogens with one attached hydrogen (secondary N) is 2. The SMILES string of the molecule is CCc1ccccc1NC(=O)C(C)(C)C(=O)Nc1ccc(OC)cc1OC. The third-order valence-electron chi connectivity index (χ3n) is 4.44. The molecule has 0 heterocycles. The number of methoxy groups -OCH3 is 2. The lowest BCUT2D eigenvalue weighted by molar-refractivity contribution is -0.135. The Hall–Kier alpha value is -3.02. The summed E-state index contributed by atoms with van der Waals surface area (Å²) < 4.78 is 10.4. The fourth-order valence-corrected chi connectivity index (χ4v) is 2.51. The van der Waals surface area contributed by atoms with Crippen LogP contribution in [0.15, 0.2) is 42.5 Å². The lowest BCUT2D eigenvalue weighted by Gasteiger charge is -2.24. The van der Waals surface area contributed by atoms with Gasteiger partial charge in [0.1, 0.15) is 16.9 Å². The summed E-state index contributed by atoms with van der Waals surface area (Å²) in [6.07, 6.45) is 0.784. The summed E-state index contributed by atoms with van der Waals surface area (Å²) in [6.45, 7) is 5.18. The van der Waals surface area contributed by atoms with Crippen molar-refractivity contribution in [1.82, 2.24) is 0 Å². The first-order valence-electron chi connectivity index (χ1n) is 8.76. The molecule has 0 fully saturated rings. The summed E-state index contributed by atoms with van der Waals surface area (Å²) in [6, 6.07) is 12.6. The maximum absolute atomic E-state index is 12.8. The maximum atomic E-state index is 12.8. The van der Waals surface area contributed by atoms with Gasteiger partial charge in [-0.05, 0) is 44.0 Å². The Bertz CT molecular complexity index is 831. The fourth-order valence-electron chi connectivity index (χ4n) is 2.51. The standard InChI is InChI=1S/C21H26N2O4/c1-6-14-9-7-8-10-16(14)22-19(24)21(2,3)20(25)23-17-12-11-15(26-4)13-18(17)27-5/h7-13H,6H2,1-5H3,(H,22,24)(H,23,25). The van der Waals surface area contributed by atoms with E-state index in [-0.39, 0.29) is 5.91 Å². The fraction of sp³-hybridized carbons (Fsp3) is 0.333. The van der Waals surface area contributed by atoms with E-state index in [1.807, 2.05) is 31.2 Å². The summed E-state index contributed by atoms with van der Waals surface area (Å²) in [5, 5.41) is 5.63. The van der Waals surface area contributed by atoms with Crippen LogP contribution in [-0.2, 0) is 16.0 Å². The van der Waals surface area contributed by atoms with Gasteiger partial charge in [0.2, 0.25) is 11.8 Å². The number of hydrogen-bond acceptors (Lipinski definition) is 4. The highest BCUT2D eigenvalue weighted by Gasteiger charge is 2.36. The predicted octanol–water partition coefficient (Wildman–Crippen LogP) is 3.87. The van der Waals surface area contributed by atoms with Gasteiger partial charge in [-0.2, -0.15) is 0 Å². The molecule has 0 aliphatic rings. The van der Waals surface area contributed by atoms with Gasteiger partial charge in [0.25, 0.3) is 0 Å². The maximum Gasteiger partial charge on any atom is 0.239 e. The zero-order valence-corrected chi connectivity index (χ0v) is 16.4. The number of benzene rings is 2. The number of aryl methyl sites for hydroxylation is 1. The van der Waals surface area contributed by atoms with Crippen molar-refractivity contribution in [2.45, 2.75) is 27.2 Å². The minimum absolute atomic E-state index is 0.381. The molecule has 0 bridgehead atoms. The highest BCUT2D eigenvalue weighted by atomic mass is 16.5. The van der Waals surface area contributed by atoms with Gasteiger partial charge in [0.05, 0.1) is 19.9 Å². The number of carbonyl (C=O) groups excluding carboxylic acids is 2. The van der Waals surface area contributed by atoms with Crippen molar-refractivity contribution in [1.29, 1.82) is 0 Å². The number of carbonyl (C=O) groups is 2. The zero-order chi connectivity index (χ0) is 20.0. The van der Waals surface area contributed by atoms with Crippen LogP contribution < -0.4 is 20.1 Å². The Labute approximate surface area is 159 Å². The molecule has 0 radical (unpaired) electrons. The first-order valence-corrected chi connectivity index (χ1v) is 8.76. The highest BCUT2D eigenvalue weighted by Crippen LogP contribution is 2.31. The minimum atomic E-state index is -1.29. The van der Waals surface area contributed by atoms with Crippen LogP contribution in [0.3, 0.4) is 0 Å². The monoisotopic (exact) mass is 370 g/mol. The van der Waals surface area contributed by atoms with Crippen LogP contribution >= 0.6 is 0 Å². The Balaban J connectivity index is 2.18. The molecule has 0 saturated heterocycles. The highest BCUT2D eigenvalue weighted by molar-refractivity contribution is 6.14. The van der Waals surface area contributed by atoms with E-state index in [9.17, 15) is 9.59 Å². The molecule has 0 atom stereocenters. The van der Waals surface area contributed by atoms with Gasteiger partial charge in [-0.1, -0.05) is 25.1 Å². The van der Waals surface area contributed by atoms with Crippen LogP contribution in [0.2, 0.25) is 0 Å². The Morgan fingerprint density at radius 3 is 2.15 bits per heavy atom. The first-order chi connectivity index (χ1) is 12.8. The second-order valence-electron chi connectivity index (χ2n) is 6.61. The number of hydrogen-bond donors (Lipinski definition) is 2. The van der Waals surface area contributed by atoms with E-state index in [1.54, 1.807) is 39.2 Å². The topological polar surface area (TPSA) is 76.7 Å². The molecule has 0 aromatic heterocycles. The van der Waals surface area contributed by atoms with E-state index in [4.69, 9.17) is 9.47 Å². The molecule has 2 aromatic carbocycles. The number of amides is 2. The molecule has 144 valence electrons. The number of ether oxygens (including phenoxy) is 2. The van der Waals surface area contributed by atoms with Crippen molar-refractivity contribution in [3.05, 3.63) is 48.0 Å². The van der Waals surface area contributed by atoms with E-state index < -0.39 is 11.3 Å². The summed E-state index contributed by atoms with van der Waals surface area (Å²) in [5.41, 5.74) is 0.913. The molecule has 6 nitrogen and oxygen atoms in total. The molecule has 2 aromatic rings. The summed E-state index contributed by atoms with van der Waals surface area (Å²) in [4.78, 5) is 25.5. The molecule has 2 N–H and O–H groups in total. The molecule has 2 rings (SSSR count). The normalized spacial score (nSPS) is 10.9. The van der Waals surface area contributed by atoms with Gasteiger partial charge in [-0.15, -0.1) is 0 Å². The van der Waals surface area contributed by atoms with Gasteiger partial charge in [0, 0.05) is 11.8 Å². The van der Waals surface area contributed by atoms with Crippen LogP contribution in [-0.4, -0.2) is 26.0 Å². The Morgan fingerprint density at radius 2 is 1.56 bits per heavy atom. The van der Waals surface area contributed by atoms with Crippen molar-refractivity contribution in [3.8, 4) is 11.5 Å². The lowest BCUT2D eigenvalue weighted by atomic mass is 9.90. The third kappa shape index (κ3) is 4.58. The molecule has 0 spiro atoms. The van der Waals surface area contributed by atoms with Crippen molar-refractivity contribution in [2.24, 2.45) is 5.41 Å². The molecular weight excluding hydrogens is 344 g/mol. The molecule has 0 aliphatic heterocycles. The van der Waals surface area contributed by atoms with E-state index in [0.29, 0.717) is 22.9 Å². The summed E-state index contributed by atoms with van der Waals surface area (Å²) >= 11 is 0. The predicted molar refractivity (Wildman–Crippen MR) is 106 cm³/mol. The van der Waals surface area contributed by atoms with Gasteiger partial charge >= 0.3 is 0 Å². The molecule has 0 saturated carbocycles. The molecule has 0 unspecified atom stereocenters. The molecule has 2 amide bonds. The van der Waals surface area contributed by atoms with Gasteiger partial charge in [-0.3, -0.25) is 9.59 Å². The van der Waals surface area contributed by atoms with E-state index in [0.717, 1.165) is 12.0 Å². The van der Waals surface area contributed by atoms with E-state index in [2.05, 4.69) is 10.6 Å².